The lowest BCUT2D eigenvalue weighted by atomic mass is 10.1. The zero-order valence-corrected chi connectivity index (χ0v) is 17.5. The van der Waals surface area contributed by atoms with Gasteiger partial charge < -0.3 is 10.6 Å². The van der Waals surface area contributed by atoms with E-state index >= 15 is 0 Å². The molecule has 3 rings (SSSR count). The molecule has 29 heavy (non-hydrogen) atoms. The molecule has 0 heterocycles. The minimum Gasteiger partial charge on any atom is -0.332 e. The lowest BCUT2D eigenvalue weighted by Gasteiger charge is -2.17. The van der Waals surface area contributed by atoms with E-state index in [9.17, 15) is 12.8 Å². The Morgan fingerprint density at radius 2 is 1.41 bits per heavy atom. The van der Waals surface area contributed by atoms with Crippen molar-refractivity contribution in [3.63, 3.8) is 0 Å². The fraction of sp³-hybridized carbons (Fsp3) is 0.0952. The van der Waals surface area contributed by atoms with Gasteiger partial charge in [-0.1, -0.05) is 24.3 Å². The van der Waals surface area contributed by atoms with Crippen LogP contribution in [0.3, 0.4) is 0 Å². The largest absolute Gasteiger partial charge is 0.332 e. The summed E-state index contributed by atoms with van der Waals surface area (Å²) in [5, 5.41) is 6.48. The smallest absolute Gasteiger partial charge is 0.261 e. The van der Waals surface area contributed by atoms with Crippen LogP contribution in [-0.4, -0.2) is 13.5 Å². The number of benzene rings is 3. The van der Waals surface area contributed by atoms with Crippen molar-refractivity contribution in [3.8, 4) is 0 Å². The summed E-state index contributed by atoms with van der Waals surface area (Å²) in [7, 11) is -3.88. The van der Waals surface area contributed by atoms with Gasteiger partial charge in [-0.15, -0.1) is 0 Å². The predicted molar refractivity (Wildman–Crippen MR) is 119 cm³/mol. The van der Waals surface area contributed by atoms with Gasteiger partial charge in [0, 0.05) is 5.69 Å². The second-order valence-corrected chi connectivity index (χ2v) is 8.52. The number of para-hydroxylation sites is 2. The molecule has 8 heteroatoms. The van der Waals surface area contributed by atoms with Crippen molar-refractivity contribution in [2.45, 2.75) is 18.7 Å². The number of thiocarbonyl (C=S) groups is 1. The molecule has 0 aromatic heterocycles. The first kappa shape index (κ1) is 20.8. The molecule has 150 valence electrons. The van der Waals surface area contributed by atoms with E-state index in [0.29, 0.717) is 16.5 Å². The number of anilines is 3. The van der Waals surface area contributed by atoms with Crippen LogP contribution in [0.1, 0.15) is 11.1 Å². The summed E-state index contributed by atoms with van der Waals surface area (Å²) >= 11 is 5.39. The summed E-state index contributed by atoms with van der Waals surface area (Å²) in [6, 6.07) is 17.3. The van der Waals surface area contributed by atoms with Crippen molar-refractivity contribution < 1.29 is 12.8 Å². The third-order valence-electron chi connectivity index (χ3n) is 4.40. The summed E-state index contributed by atoms with van der Waals surface area (Å²) in [6.07, 6.45) is 0. The van der Waals surface area contributed by atoms with Crippen LogP contribution >= 0.6 is 12.2 Å². The number of rotatable bonds is 5. The Morgan fingerprint density at radius 3 is 2.10 bits per heavy atom. The topological polar surface area (TPSA) is 70.2 Å². The number of hydrogen-bond acceptors (Lipinski definition) is 3. The molecule has 0 aliphatic carbocycles. The molecule has 0 bridgehead atoms. The molecule has 0 fully saturated rings. The number of halogens is 1. The van der Waals surface area contributed by atoms with Gasteiger partial charge in [-0.2, -0.15) is 0 Å². The Balaban J connectivity index is 1.79. The molecule has 5 nitrogen and oxygen atoms in total. The van der Waals surface area contributed by atoms with E-state index in [1.54, 1.807) is 24.3 Å². The lowest BCUT2D eigenvalue weighted by Crippen LogP contribution is -2.21. The van der Waals surface area contributed by atoms with E-state index in [4.69, 9.17) is 12.2 Å². The molecule has 0 unspecified atom stereocenters. The van der Waals surface area contributed by atoms with Gasteiger partial charge >= 0.3 is 0 Å². The summed E-state index contributed by atoms with van der Waals surface area (Å²) in [6.45, 7) is 4.00. The highest BCUT2D eigenvalue weighted by Gasteiger charge is 2.16. The van der Waals surface area contributed by atoms with Crippen molar-refractivity contribution in [1.29, 1.82) is 0 Å². The molecule has 3 aromatic carbocycles. The predicted octanol–water partition coefficient (Wildman–Crippen LogP) is 5.05. The zero-order valence-electron chi connectivity index (χ0n) is 15.9. The van der Waals surface area contributed by atoms with E-state index in [1.165, 1.54) is 12.1 Å². The molecule has 0 saturated carbocycles. The Labute approximate surface area is 175 Å². The van der Waals surface area contributed by atoms with Crippen LogP contribution in [0, 0.1) is 19.7 Å². The normalized spacial score (nSPS) is 11.0. The third kappa shape index (κ3) is 5.10. The van der Waals surface area contributed by atoms with Crippen molar-refractivity contribution in [2.75, 3.05) is 15.4 Å². The van der Waals surface area contributed by atoms with Crippen molar-refractivity contribution in [2.24, 2.45) is 0 Å². The first-order chi connectivity index (χ1) is 13.8. The van der Waals surface area contributed by atoms with Gasteiger partial charge in [0.15, 0.2) is 5.11 Å². The van der Waals surface area contributed by atoms with Gasteiger partial charge in [-0.05, 0) is 79.7 Å². The van der Waals surface area contributed by atoms with Crippen LogP contribution < -0.4 is 15.4 Å². The molecular formula is C21H20FN3O2S2. The maximum absolute atomic E-state index is 13.1. The van der Waals surface area contributed by atoms with Crippen LogP contribution in [0.4, 0.5) is 21.5 Å². The molecule has 0 atom stereocenters. The van der Waals surface area contributed by atoms with E-state index in [-0.39, 0.29) is 4.90 Å². The molecule has 0 spiro atoms. The monoisotopic (exact) mass is 429 g/mol. The zero-order chi connectivity index (χ0) is 21.0. The Hall–Kier alpha value is -2.97. The van der Waals surface area contributed by atoms with Crippen molar-refractivity contribution in [1.82, 2.24) is 0 Å². The quantitative estimate of drug-likeness (QED) is 0.495. The minimum absolute atomic E-state index is 0.0372. The summed E-state index contributed by atoms with van der Waals surface area (Å²) < 4.78 is 40.8. The van der Waals surface area contributed by atoms with Crippen LogP contribution in [0.15, 0.2) is 71.6 Å². The fourth-order valence-electron chi connectivity index (χ4n) is 2.66. The number of nitrogens with one attached hydrogen (secondary N) is 3. The van der Waals surface area contributed by atoms with E-state index in [2.05, 4.69) is 15.4 Å². The summed E-state index contributed by atoms with van der Waals surface area (Å²) in [5.74, 6) is -0.506. The average Bonchev–Trinajstić information content (AvgIpc) is 2.67. The van der Waals surface area contributed by atoms with Gasteiger partial charge in [0.1, 0.15) is 5.82 Å². The van der Waals surface area contributed by atoms with E-state index in [1.807, 2.05) is 32.0 Å². The first-order valence-corrected chi connectivity index (χ1v) is 10.7. The Bertz CT molecular complexity index is 1150. The van der Waals surface area contributed by atoms with Crippen LogP contribution in [0.25, 0.3) is 0 Å². The van der Waals surface area contributed by atoms with Crippen molar-refractivity contribution in [3.05, 3.63) is 83.7 Å². The number of sulfonamides is 1. The van der Waals surface area contributed by atoms with Crippen molar-refractivity contribution >= 4 is 44.4 Å². The molecule has 0 radical (unpaired) electrons. The van der Waals surface area contributed by atoms with Gasteiger partial charge in [0.2, 0.25) is 0 Å². The molecular weight excluding hydrogens is 409 g/mol. The molecule has 0 amide bonds. The highest BCUT2D eigenvalue weighted by Crippen LogP contribution is 2.25. The van der Waals surface area contributed by atoms with Crippen LogP contribution in [0.2, 0.25) is 0 Å². The Morgan fingerprint density at radius 1 is 0.828 bits per heavy atom. The highest BCUT2D eigenvalue weighted by atomic mass is 32.2. The van der Waals surface area contributed by atoms with Crippen LogP contribution in [-0.2, 0) is 10.0 Å². The molecule has 0 saturated heterocycles. The van der Waals surface area contributed by atoms with E-state index < -0.39 is 15.8 Å². The lowest BCUT2D eigenvalue weighted by molar-refractivity contribution is 0.599. The first-order valence-electron chi connectivity index (χ1n) is 8.78. The second-order valence-electron chi connectivity index (χ2n) is 6.43. The van der Waals surface area contributed by atoms with E-state index in [0.717, 1.165) is 28.9 Å². The van der Waals surface area contributed by atoms with Crippen LogP contribution in [0.5, 0.6) is 0 Å². The molecule has 3 N–H and O–H groups in total. The summed E-state index contributed by atoms with van der Waals surface area (Å²) in [5.41, 5.74) is 3.88. The SMILES string of the molecule is Cc1cccc(NC(=S)Nc2ccccc2NS(=O)(=O)c2ccc(F)cc2)c1C. The standard InChI is InChI=1S/C21H20FN3O2S2/c1-14-6-5-9-18(15(14)2)23-21(28)24-19-7-3-4-8-20(19)25-29(26,27)17-12-10-16(22)11-13-17/h3-13,25H,1-2H3,(H2,23,24,28). The maximum Gasteiger partial charge on any atom is 0.261 e. The second kappa shape index (κ2) is 8.59. The molecule has 0 aliphatic heterocycles. The molecule has 3 aromatic rings. The average molecular weight is 430 g/mol. The number of hydrogen-bond donors (Lipinski definition) is 3. The Kier molecular flexibility index (Phi) is 6.14. The number of aryl methyl sites for hydroxylation is 1. The van der Waals surface area contributed by atoms with Gasteiger partial charge in [-0.25, -0.2) is 12.8 Å². The highest BCUT2D eigenvalue weighted by molar-refractivity contribution is 7.92. The third-order valence-corrected chi connectivity index (χ3v) is 5.98. The molecule has 0 aliphatic rings. The maximum atomic E-state index is 13.1. The fourth-order valence-corrected chi connectivity index (χ4v) is 3.96. The van der Waals surface area contributed by atoms with Gasteiger partial charge in [-0.3, -0.25) is 4.72 Å². The van der Waals surface area contributed by atoms with Gasteiger partial charge in [0.25, 0.3) is 10.0 Å². The van der Waals surface area contributed by atoms with Gasteiger partial charge in [0.05, 0.1) is 16.3 Å². The summed E-state index contributed by atoms with van der Waals surface area (Å²) in [4.78, 5) is -0.0372. The minimum atomic E-state index is -3.88.